The van der Waals surface area contributed by atoms with Crippen molar-refractivity contribution in [3.05, 3.63) is 53.2 Å². The Morgan fingerprint density at radius 3 is 2.60 bits per heavy atom. The van der Waals surface area contributed by atoms with Crippen molar-refractivity contribution in [1.29, 1.82) is 0 Å². The van der Waals surface area contributed by atoms with Gasteiger partial charge in [0.1, 0.15) is 35.5 Å². The molecule has 2 saturated heterocycles. The fourth-order valence-corrected chi connectivity index (χ4v) is 5.84. The van der Waals surface area contributed by atoms with E-state index in [1.807, 2.05) is 4.90 Å². The monoisotopic (exact) mass is 591 g/mol. The number of aromatic hydroxyl groups is 1. The number of fused-ring (bicyclic) bond motifs is 3. The van der Waals surface area contributed by atoms with Crippen molar-refractivity contribution in [2.75, 3.05) is 34.0 Å². The van der Waals surface area contributed by atoms with E-state index in [4.69, 9.17) is 20.6 Å². The number of aliphatic imine (C=N–C) groups is 2. The molecule has 12 heteroatoms. The van der Waals surface area contributed by atoms with Crippen molar-refractivity contribution in [3.63, 3.8) is 0 Å². The first-order valence-corrected chi connectivity index (χ1v) is 13.6. The van der Waals surface area contributed by atoms with Crippen molar-refractivity contribution in [1.82, 2.24) is 14.8 Å². The van der Waals surface area contributed by atoms with Crippen LogP contribution in [-0.4, -0.2) is 91.0 Å². The number of carbonyl (C=O) groups is 1. The Bertz CT molecular complexity index is 1640. The number of methoxy groups -OCH3 is 2. The molecular formula is C31H31F2N5O5. The topological polar surface area (TPSA) is 109 Å². The van der Waals surface area contributed by atoms with E-state index in [1.165, 1.54) is 44.7 Å². The molecule has 0 spiro atoms. The highest BCUT2D eigenvalue weighted by atomic mass is 19.1. The molecule has 0 radical (unpaired) electrons. The zero-order chi connectivity index (χ0) is 30.8. The summed E-state index contributed by atoms with van der Waals surface area (Å²) in [6, 6.07) is 4.98. The van der Waals surface area contributed by atoms with Crippen molar-refractivity contribution in [2.45, 2.75) is 38.1 Å². The molecule has 2 bridgehead atoms. The van der Waals surface area contributed by atoms with E-state index < -0.39 is 24.0 Å². The first-order valence-electron chi connectivity index (χ1n) is 13.6. The van der Waals surface area contributed by atoms with Gasteiger partial charge in [-0.2, -0.15) is 0 Å². The lowest BCUT2D eigenvalue weighted by atomic mass is 9.95. The van der Waals surface area contributed by atoms with Crippen molar-refractivity contribution >= 4 is 35.1 Å². The summed E-state index contributed by atoms with van der Waals surface area (Å²) in [5.41, 5.74) is -0.0648. The number of halogens is 2. The number of pyridine rings is 1. The van der Waals surface area contributed by atoms with Gasteiger partial charge in [0.15, 0.2) is 5.82 Å². The van der Waals surface area contributed by atoms with Gasteiger partial charge in [0.2, 0.25) is 6.29 Å². The van der Waals surface area contributed by atoms with E-state index in [0.29, 0.717) is 24.3 Å². The van der Waals surface area contributed by atoms with Gasteiger partial charge in [0.05, 0.1) is 23.2 Å². The Hall–Kier alpha value is -4.60. The van der Waals surface area contributed by atoms with E-state index in [9.17, 15) is 14.3 Å². The van der Waals surface area contributed by atoms with Gasteiger partial charge >= 0.3 is 6.09 Å². The molecule has 224 valence electrons. The minimum Gasteiger partial charge on any atom is -0.508 e. The summed E-state index contributed by atoms with van der Waals surface area (Å²) in [6.45, 7) is 6.01. The summed E-state index contributed by atoms with van der Waals surface area (Å²) in [5.74, 6) is 1.00. The lowest BCUT2D eigenvalue weighted by Gasteiger charge is -2.42. The number of hydrogen-bond acceptors (Lipinski definition) is 8. The fourth-order valence-electron chi connectivity index (χ4n) is 5.84. The number of hydrogen-bond donors (Lipinski definition) is 1. The van der Waals surface area contributed by atoms with E-state index >= 15 is 4.39 Å². The molecule has 0 saturated carbocycles. The predicted molar refractivity (Wildman–Crippen MR) is 157 cm³/mol. The highest BCUT2D eigenvalue weighted by Crippen LogP contribution is 2.40. The number of nitrogens with zero attached hydrogens (tertiary/aromatic N) is 5. The molecule has 2 aromatic carbocycles. The summed E-state index contributed by atoms with van der Waals surface area (Å²) >= 11 is 0. The van der Waals surface area contributed by atoms with E-state index in [-0.39, 0.29) is 58.0 Å². The summed E-state index contributed by atoms with van der Waals surface area (Å²) < 4.78 is 46.7. The largest absolute Gasteiger partial charge is 0.508 e. The highest BCUT2D eigenvalue weighted by molar-refractivity contribution is 6.05. The van der Waals surface area contributed by atoms with Crippen LogP contribution in [0, 0.1) is 24.0 Å². The quantitative estimate of drug-likeness (QED) is 0.182. The minimum absolute atomic E-state index is 0.0275. The molecule has 5 rings (SSSR count). The van der Waals surface area contributed by atoms with E-state index in [0.717, 1.165) is 12.8 Å². The third-order valence-corrected chi connectivity index (χ3v) is 7.78. The normalized spacial score (nSPS) is 18.9. The zero-order valence-electron chi connectivity index (χ0n) is 24.0. The summed E-state index contributed by atoms with van der Waals surface area (Å²) in [7, 11) is 2.95. The molecule has 1 N–H and O–H groups in total. The van der Waals surface area contributed by atoms with Crippen LogP contribution < -0.4 is 0 Å². The van der Waals surface area contributed by atoms with Crippen LogP contribution in [-0.2, 0) is 14.2 Å². The number of likely N-dealkylation sites (tertiary alicyclic amines) is 1. The molecule has 3 atom stereocenters. The molecule has 3 heterocycles. The molecular weight excluding hydrogens is 560 g/mol. The summed E-state index contributed by atoms with van der Waals surface area (Å²) in [6.07, 6.45) is 7.39. The molecule has 0 aliphatic carbocycles. The first-order chi connectivity index (χ1) is 20.7. The molecule has 2 aliphatic heterocycles. The number of rotatable bonds is 7. The van der Waals surface area contributed by atoms with Crippen molar-refractivity contribution in [3.8, 4) is 29.4 Å². The van der Waals surface area contributed by atoms with Crippen LogP contribution in [0.1, 0.15) is 30.9 Å². The predicted octanol–water partition coefficient (Wildman–Crippen LogP) is 4.83. The third kappa shape index (κ3) is 5.49. The molecule has 2 aliphatic rings. The molecule has 1 amide bonds. The van der Waals surface area contributed by atoms with E-state index in [2.05, 4.69) is 27.6 Å². The maximum Gasteiger partial charge on any atom is 0.412 e. The van der Waals surface area contributed by atoms with Gasteiger partial charge in [-0.3, -0.25) is 14.9 Å². The van der Waals surface area contributed by atoms with Crippen LogP contribution in [0.15, 0.2) is 40.4 Å². The van der Waals surface area contributed by atoms with Crippen LogP contribution >= 0.6 is 0 Å². The number of phenolic OH excluding ortho intramolecular Hbond substituents is 1. The third-order valence-electron chi connectivity index (χ3n) is 7.78. The van der Waals surface area contributed by atoms with Crippen LogP contribution in [0.3, 0.4) is 0 Å². The Morgan fingerprint density at radius 2 is 1.98 bits per heavy atom. The number of aromatic nitrogens is 1. The van der Waals surface area contributed by atoms with Gasteiger partial charge in [-0.1, -0.05) is 12.0 Å². The molecule has 2 fully saturated rings. The van der Waals surface area contributed by atoms with Gasteiger partial charge < -0.3 is 24.2 Å². The van der Waals surface area contributed by atoms with Crippen molar-refractivity contribution < 1.29 is 32.9 Å². The van der Waals surface area contributed by atoms with Gasteiger partial charge in [-0.25, -0.2) is 18.6 Å². The Balaban J connectivity index is 1.56. The van der Waals surface area contributed by atoms with E-state index in [1.54, 1.807) is 11.8 Å². The Labute approximate surface area is 247 Å². The smallest absolute Gasteiger partial charge is 0.412 e. The average Bonchev–Trinajstić information content (AvgIpc) is 3.26. The zero-order valence-corrected chi connectivity index (χ0v) is 24.0. The van der Waals surface area contributed by atoms with Crippen LogP contribution in [0.4, 0.5) is 19.3 Å². The lowest BCUT2D eigenvalue weighted by Crippen LogP contribution is -2.57. The summed E-state index contributed by atoms with van der Waals surface area (Å²) in [4.78, 5) is 29.5. The highest BCUT2D eigenvalue weighted by Gasteiger charge is 2.45. The fraction of sp³-hybridized carbons (Fsp3) is 0.355. The van der Waals surface area contributed by atoms with Gasteiger partial charge in [0, 0.05) is 44.5 Å². The number of piperazine rings is 1. The number of amidine groups is 1. The number of benzene rings is 2. The molecule has 10 nitrogen and oxygen atoms in total. The maximum absolute atomic E-state index is 16.3. The summed E-state index contributed by atoms with van der Waals surface area (Å²) in [5, 5.41) is 11.0. The van der Waals surface area contributed by atoms with Crippen LogP contribution in [0.5, 0.6) is 5.75 Å². The Kier molecular flexibility index (Phi) is 8.57. The second kappa shape index (κ2) is 12.3. The minimum atomic E-state index is -0.851. The van der Waals surface area contributed by atoms with Gasteiger partial charge in [0.25, 0.3) is 0 Å². The first kappa shape index (κ1) is 29.9. The molecule has 43 heavy (non-hydrogen) atoms. The van der Waals surface area contributed by atoms with Crippen molar-refractivity contribution in [2.24, 2.45) is 9.98 Å². The van der Waals surface area contributed by atoms with Gasteiger partial charge in [-0.05, 0) is 50.1 Å². The number of terminal acetylenes is 1. The second-order valence-electron chi connectivity index (χ2n) is 10.3. The number of carbonyl (C=O) groups excluding carboxylic acids is 1. The molecule has 3 aromatic rings. The average molecular weight is 592 g/mol. The Morgan fingerprint density at radius 1 is 1.26 bits per heavy atom. The number of ether oxygens (including phenoxy) is 3. The molecule has 3 unspecified atom stereocenters. The molecule has 1 aromatic heterocycles. The van der Waals surface area contributed by atoms with Gasteiger partial charge in [-0.15, -0.1) is 6.42 Å². The second-order valence-corrected chi connectivity index (χ2v) is 10.3. The van der Waals surface area contributed by atoms with Crippen LogP contribution in [0.25, 0.3) is 22.0 Å². The number of amides is 1. The lowest BCUT2D eigenvalue weighted by molar-refractivity contribution is -0.0841. The maximum atomic E-state index is 16.3. The standard InChI is InChI=1S/C31H31F2N5O5/c1-6-22-25(32)10-7-18-11-21(39)12-23(26(18)22)29-27(33)28(34-3)24(13-35-29)30(36-16-41-4)37-14-19-8-9-20(15-37)38(19)31(40)43-17(2)42-5/h1,7,10-13,17,19-20,39H,3,8-9,14-16H2,2,4-5H3/b36-30+. The number of phenols is 1. The van der Waals surface area contributed by atoms with Crippen LogP contribution in [0.2, 0.25) is 0 Å². The SMILES string of the molecule is C#Cc1c(F)ccc2cc(O)cc(-c3ncc(/C(=N\COC)N4CC5CCC(C4)N5C(=O)OC(C)OC)c(N=C)c3F)c12.